The van der Waals surface area contributed by atoms with E-state index in [0.717, 1.165) is 5.82 Å². The van der Waals surface area contributed by atoms with Crippen LogP contribution in [-0.2, 0) is 6.54 Å². The number of imidazole rings is 1. The molecule has 0 atom stereocenters. The predicted molar refractivity (Wildman–Crippen MR) is 58.0 cm³/mol. The maximum absolute atomic E-state index is 13.7. The van der Waals surface area contributed by atoms with Crippen molar-refractivity contribution in [1.29, 1.82) is 0 Å². The summed E-state index contributed by atoms with van der Waals surface area (Å²) in [5.74, 6) is 0.485. The fourth-order valence-electron chi connectivity index (χ4n) is 1.85. The van der Waals surface area contributed by atoms with Crippen LogP contribution in [0.5, 0.6) is 0 Å². The third-order valence-corrected chi connectivity index (χ3v) is 2.43. The largest absolute Gasteiger partial charge is 0.324 e. The number of aromatic nitrogens is 2. The average molecular weight is 207 g/mol. The molecule has 4 heteroatoms. The van der Waals surface area contributed by atoms with E-state index in [2.05, 4.69) is 4.98 Å². The molecule has 0 unspecified atom stereocenters. The zero-order valence-corrected chi connectivity index (χ0v) is 8.87. The van der Waals surface area contributed by atoms with Crippen LogP contribution in [0.25, 0.3) is 11.0 Å². The van der Waals surface area contributed by atoms with E-state index >= 15 is 0 Å². The normalized spacial score (nSPS) is 11.5. The third kappa shape index (κ3) is 1.51. The first kappa shape index (κ1) is 10.1. The van der Waals surface area contributed by atoms with E-state index in [1.54, 1.807) is 12.1 Å². The van der Waals surface area contributed by atoms with Gasteiger partial charge < -0.3 is 10.3 Å². The number of hydrogen-bond acceptors (Lipinski definition) is 2. The van der Waals surface area contributed by atoms with Crippen molar-refractivity contribution >= 4 is 11.0 Å². The number of halogens is 1. The van der Waals surface area contributed by atoms with Crippen molar-refractivity contribution < 1.29 is 4.39 Å². The van der Waals surface area contributed by atoms with Gasteiger partial charge in [-0.25, -0.2) is 9.37 Å². The molecule has 2 N–H and O–H groups in total. The zero-order valence-electron chi connectivity index (χ0n) is 8.87. The Morgan fingerprint density at radius 1 is 1.47 bits per heavy atom. The fraction of sp³-hybridized carbons (Fsp3) is 0.364. The molecule has 0 saturated carbocycles. The molecule has 0 saturated heterocycles. The van der Waals surface area contributed by atoms with Gasteiger partial charge in [0.1, 0.15) is 17.2 Å². The lowest BCUT2D eigenvalue weighted by molar-refractivity contribution is 0.564. The van der Waals surface area contributed by atoms with Crippen molar-refractivity contribution in [3.8, 4) is 0 Å². The Bertz CT molecular complexity index is 488. The van der Waals surface area contributed by atoms with Gasteiger partial charge >= 0.3 is 0 Å². The van der Waals surface area contributed by atoms with Crippen LogP contribution in [0.1, 0.15) is 25.7 Å². The SMILES string of the molecule is CC(C)n1c(CN)nc2cccc(F)c21. The van der Waals surface area contributed by atoms with Gasteiger partial charge in [0.2, 0.25) is 0 Å². The van der Waals surface area contributed by atoms with Crippen LogP contribution in [0.2, 0.25) is 0 Å². The number of nitrogens with two attached hydrogens (primary N) is 1. The highest BCUT2D eigenvalue weighted by Gasteiger charge is 2.14. The molecule has 0 aliphatic carbocycles. The summed E-state index contributed by atoms with van der Waals surface area (Å²) < 4.78 is 15.5. The minimum Gasteiger partial charge on any atom is -0.324 e. The summed E-state index contributed by atoms with van der Waals surface area (Å²) >= 11 is 0. The summed E-state index contributed by atoms with van der Waals surface area (Å²) in [5, 5.41) is 0. The lowest BCUT2D eigenvalue weighted by Gasteiger charge is -2.11. The number of benzene rings is 1. The van der Waals surface area contributed by atoms with E-state index in [4.69, 9.17) is 5.73 Å². The molecule has 0 fully saturated rings. The van der Waals surface area contributed by atoms with Gasteiger partial charge in [0, 0.05) is 6.04 Å². The van der Waals surface area contributed by atoms with Gasteiger partial charge in [-0.1, -0.05) is 6.07 Å². The molecule has 1 heterocycles. The van der Waals surface area contributed by atoms with Gasteiger partial charge in [-0.15, -0.1) is 0 Å². The van der Waals surface area contributed by atoms with Crippen molar-refractivity contribution in [1.82, 2.24) is 9.55 Å². The summed E-state index contributed by atoms with van der Waals surface area (Å²) in [6, 6.07) is 5.07. The molecular weight excluding hydrogens is 193 g/mol. The van der Waals surface area contributed by atoms with E-state index in [9.17, 15) is 4.39 Å². The van der Waals surface area contributed by atoms with Crippen LogP contribution in [0, 0.1) is 5.82 Å². The first-order valence-corrected chi connectivity index (χ1v) is 5.00. The minimum absolute atomic E-state index is 0.158. The molecule has 1 aromatic carbocycles. The van der Waals surface area contributed by atoms with Crippen molar-refractivity contribution in [3.63, 3.8) is 0 Å². The second kappa shape index (κ2) is 3.62. The Hall–Kier alpha value is -1.42. The number of nitrogens with zero attached hydrogens (tertiary/aromatic N) is 2. The summed E-state index contributed by atoms with van der Waals surface area (Å²) in [4.78, 5) is 4.31. The zero-order chi connectivity index (χ0) is 11.0. The van der Waals surface area contributed by atoms with Crippen LogP contribution in [-0.4, -0.2) is 9.55 Å². The molecule has 0 aliphatic heterocycles. The molecule has 2 aromatic rings. The Morgan fingerprint density at radius 2 is 2.20 bits per heavy atom. The predicted octanol–water partition coefficient (Wildman–Crippen LogP) is 2.21. The van der Waals surface area contributed by atoms with E-state index in [1.165, 1.54) is 6.07 Å². The molecule has 0 spiro atoms. The van der Waals surface area contributed by atoms with Gasteiger partial charge in [0.05, 0.1) is 12.1 Å². The summed E-state index contributed by atoms with van der Waals surface area (Å²) in [7, 11) is 0. The van der Waals surface area contributed by atoms with Gasteiger partial charge in [-0.3, -0.25) is 0 Å². The Balaban J connectivity index is 2.82. The van der Waals surface area contributed by atoms with Crippen LogP contribution in [0.15, 0.2) is 18.2 Å². The van der Waals surface area contributed by atoms with Crippen molar-refractivity contribution in [2.45, 2.75) is 26.4 Å². The smallest absolute Gasteiger partial charge is 0.149 e. The Kier molecular flexibility index (Phi) is 2.44. The molecule has 0 amide bonds. The lowest BCUT2D eigenvalue weighted by atomic mass is 10.3. The van der Waals surface area contributed by atoms with E-state index in [0.29, 0.717) is 17.6 Å². The van der Waals surface area contributed by atoms with E-state index < -0.39 is 0 Å². The molecule has 0 radical (unpaired) electrons. The average Bonchev–Trinajstić information content (AvgIpc) is 2.57. The monoisotopic (exact) mass is 207 g/mol. The fourth-order valence-corrected chi connectivity index (χ4v) is 1.85. The highest BCUT2D eigenvalue weighted by Crippen LogP contribution is 2.23. The number of rotatable bonds is 2. The first-order chi connectivity index (χ1) is 7.15. The standard InChI is InChI=1S/C11H14FN3/c1-7(2)15-10(6-13)14-9-5-3-4-8(12)11(9)15/h3-5,7H,6,13H2,1-2H3. The summed E-state index contributed by atoms with van der Waals surface area (Å²) in [6.07, 6.45) is 0. The Morgan fingerprint density at radius 3 is 2.80 bits per heavy atom. The maximum Gasteiger partial charge on any atom is 0.149 e. The minimum atomic E-state index is -0.242. The number of hydrogen-bond donors (Lipinski definition) is 1. The topological polar surface area (TPSA) is 43.8 Å². The molecule has 2 rings (SSSR count). The molecule has 1 aromatic heterocycles. The van der Waals surface area contributed by atoms with Crippen LogP contribution >= 0.6 is 0 Å². The third-order valence-electron chi connectivity index (χ3n) is 2.43. The van der Waals surface area contributed by atoms with Crippen molar-refractivity contribution in [2.24, 2.45) is 5.73 Å². The number of para-hydroxylation sites is 1. The molecular formula is C11H14FN3. The molecule has 15 heavy (non-hydrogen) atoms. The maximum atomic E-state index is 13.7. The second-order valence-corrected chi connectivity index (χ2v) is 3.80. The van der Waals surface area contributed by atoms with Crippen LogP contribution in [0.4, 0.5) is 4.39 Å². The second-order valence-electron chi connectivity index (χ2n) is 3.80. The highest BCUT2D eigenvalue weighted by molar-refractivity contribution is 5.76. The first-order valence-electron chi connectivity index (χ1n) is 5.00. The van der Waals surface area contributed by atoms with E-state index in [-0.39, 0.29) is 11.9 Å². The van der Waals surface area contributed by atoms with Gasteiger partial charge in [-0.05, 0) is 26.0 Å². The molecule has 0 aliphatic rings. The van der Waals surface area contributed by atoms with Crippen molar-refractivity contribution in [2.75, 3.05) is 0 Å². The summed E-state index contributed by atoms with van der Waals surface area (Å²) in [5.41, 5.74) is 6.82. The van der Waals surface area contributed by atoms with Gasteiger partial charge in [0.25, 0.3) is 0 Å². The molecule has 80 valence electrons. The number of fused-ring (bicyclic) bond motifs is 1. The van der Waals surface area contributed by atoms with Gasteiger partial charge in [0.15, 0.2) is 0 Å². The highest BCUT2D eigenvalue weighted by atomic mass is 19.1. The van der Waals surface area contributed by atoms with Crippen molar-refractivity contribution in [3.05, 3.63) is 29.8 Å². The summed E-state index contributed by atoms with van der Waals surface area (Å²) in [6.45, 7) is 4.31. The molecule has 3 nitrogen and oxygen atoms in total. The van der Waals surface area contributed by atoms with Crippen LogP contribution < -0.4 is 5.73 Å². The molecule has 0 bridgehead atoms. The van der Waals surface area contributed by atoms with Gasteiger partial charge in [-0.2, -0.15) is 0 Å². The Labute approximate surface area is 87.7 Å². The van der Waals surface area contributed by atoms with Crippen LogP contribution in [0.3, 0.4) is 0 Å². The van der Waals surface area contributed by atoms with E-state index in [1.807, 2.05) is 18.4 Å². The lowest BCUT2D eigenvalue weighted by Crippen LogP contribution is -2.10. The quantitative estimate of drug-likeness (QED) is 0.820.